The number of hydrogen-bond acceptors (Lipinski definition) is 4. The second-order valence-corrected chi connectivity index (χ2v) is 5.17. The summed E-state index contributed by atoms with van der Waals surface area (Å²) in [6.45, 7) is 0. The number of methoxy groups -OCH3 is 1. The van der Waals surface area contributed by atoms with Gasteiger partial charge in [0.05, 0.1) is 18.7 Å². The summed E-state index contributed by atoms with van der Waals surface area (Å²) < 4.78 is 4.77. The molecule has 1 aromatic carbocycles. The fourth-order valence-corrected chi connectivity index (χ4v) is 2.72. The molecule has 1 aliphatic carbocycles. The maximum atomic E-state index is 12.3. The highest BCUT2D eigenvalue weighted by molar-refractivity contribution is 5.73. The number of carbonyl (C=O) groups is 1. The number of aryl methyl sites for hydroxylation is 1. The van der Waals surface area contributed by atoms with E-state index in [1.54, 1.807) is 0 Å². The van der Waals surface area contributed by atoms with Crippen LogP contribution >= 0.6 is 0 Å². The second-order valence-electron chi connectivity index (χ2n) is 5.17. The lowest BCUT2D eigenvalue weighted by Crippen LogP contribution is -2.30. The molecule has 108 valence electrons. The molecule has 1 atom stereocenters. The summed E-state index contributed by atoms with van der Waals surface area (Å²) in [5.74, 6) is 0.0797. The van der Waals surface area contributed by atoms with Crippen molar-refractivity contribution in [2.24, 2.45) is 5.92 Å². The van der Waals surface area contributed by atoms with E-state index >= 15 is 0 Å². The van der Waals surface area contributed by atoms with E-state index < -0.39 is 0 Å². The molecule has 21 heavy (non-hydrogen) atoms. The minimum atomic E-state index is -0.257. The summed E-state index contributed by atoms with van der Waals surface area (Å²) in [5.41, 5.74) is 2.12. The lowest BCUT2D eigenvalue weighted by Gasteiger charge is -2.21. The van der Waals surface area contributed by atoms with Crippen LogP contribution in [-0.2, 0) is 22.4 Å². The smallest absolute Gasteiger partial charge is 0.309 e. The summed E-state index contributed by atoms with van der Waals surface area (Å²) in [6, 6.07) is 9.54. The van der Waals surface area contributed by atoms with Crippen molar-refractivity contribution in [1.29, 1.82) is 0 Å². The number of nitrogens with one attached hydrogen (secondary N) is 1. The topological polar surface area (TPSA) is 72.0 Å². The Hall–Kier alpha value is -2.43. The highest BCUT2D eigenvalue weighted by Crippen LogP contribution is 2.24. The van der Waals surface area contributed by atoms with Crippen LogP contribution in [0.3, 0.4) is 0 Å². The van der Waals surface area contributed by atoms with Crippen molar-refractivity contribution in [3.63, 3.8) is 0 Å². The maximum absolute atomic E-state index is 12.3. The van der Waals surface area contributed by atoms with Crippen LogP contribution in [0.25, 0.3) is 11.4 Å². The molecule has 3 rings (SSSR count). The van der Waals surface area contributed by atoms with Gasteiger partial charge in [0, 0.05) is 11.1 Å². The molecule has 0 spiro atoms. The summed E-state index contributed by atoms with van der Waals surface area (Å²) in [5, 5.41) is 0. The molecule has 1 aliphatic rings. The van der Waals surface area contributed by atoms with E-state index in [-0.39, 0.29) is 17.4 Å². The first-order valence-corrected chi connectivity index (χ1v) is 6.94. The molecule has 0 saturated carbocycles. The van der Waals surface area contributed by atoms with Crippen LogP contribution in [0, 0.1) is 5.92 Å². The van der Waals surface area contributed by atoms with Gasteiger partial charge in [-0.25, -0.2) is 4.98 Å². The van der Waals surface area contributed by atoms with Gasteiger partial charge in [-0.3, -0.25) is 9.59 Å². The van der Waals surface area contributed by atoms with Crippen molar-refractivity contribution in [2.75, 3.05) is 7.11 Å². The number of hydrogen-bond donors (Lipinski definition) is 1. The van der Waals surface area contributed by atoms with Crippen molar-refractivity contribution in [3.8, 4) is 11.4 Å². The molecule has 0 aliphatic heterocycles. The van der Waals surface area contributed by atoms with Crippen molar-refractivity contribution in [3.05, 3.63) is 51.9 Å². The number of benzene rings is 1. The number of rotatable bonds is 2. The third kappa shape index (κ3) is 2.59. The molecule has 0 amide bonds. The van der Waals surface area contributed by atoms with E-state index in [2.05, 4.69) is 9.97 Å². The molecule has 2 aromatic rings. The predicted octanol–water partition coefficient (Wildman–Crippen LogP) is 1.71. The van der Waals surface area contributed by atoms with Crippen LogP contribution in [0.1, 0.15) is 17.7 Å². The number of carbonyl (C=O) groups excluding carboxylic acids is 1. The minimum absolute atomic E-state index is 0.160. The van der Waals surface area contributed by atoms with E-state index in [1.165, 1.54) is 7.11 Å². The van der Waals surface area contributed by atoms with E-state index in [1.807, 2.05) is 30.3 Å². The van der Waals surface area contributed by atoms with Crippen LogP contribution < -0.4 is 5.56 Å². The Labute approximate surface area is 122 Å². The average Bonchev–Trinajstić information content (AvgIpc) is 2.54. The van der Waals surface area contributed by atoms with Gasteiger partial charge in [-0.15, -0.1) is 0 Å². The van der Waals surface area contributed by atoms with Gasteiger partial charge >= 0.3 is 5.97 Å². The molecule has 1 heterocycles. The monoisotopic (exact) mass is 284 g/mol. The Bertz CT molecular complexity index is 722. The molecule has 0 bridgehead atoms. The molecule has 5 heteroatoms. The molecule has 0 fully saturated rings. The van der Waals surface area contributed by atoms with Crippen LogP contribution in [0.2, 0.25) is 0 Å². The number of fused-ring (bicyclic) bond motifs is 1. The summed E-state index contributed by atoms with van der Waals surface area (Å²) >= 11 is 0. The quantitative estimate of drug-likeness (QED) is 0.852. The zero-order valence-corrected chi connectivity index (χ0v) is 11.8. The fraction of sp³-hybridized carbons (Fsp3) is 0.312. The fourth-order valence-electron chi connectivity index (χ4n) is 2.72. The molecule has 5 nitrogen and oxygen atoms in total. The zero-order valence-electron chi connectivity index (χ0n) is 11.8. The third-order valence-corrected chi connectivity index (χ3v) is 3.86. The maximum Gasteiger partial charge on any atom is 0.309 e. The molecule has 0 radical (unpaired) electrons. The first kappa shape index (κ1) is 13.5. The van der Waals surface area contributed by atoms with Crippen molar-refractivity contribution >= 4 is 5.97 Å². The van der Waals surface area contributed by atoms with Crippen molar-refractivity contribution < 1.29 is 9.53 Å². The highest BCUT2D eigenvalue weighted by Gasteiger charge is 2.28. The van der Waals surface area contributed by atoms with Gasteiger partial charge in [0.15, 0.2) is 0 Å². The number of nitrogens with zero attached hydrogens (tertiary/aromatic N) is 1. The largest absolute Gasteiger partial charge is 0.469 e. The number of ether oxygens (including phenoxy) is 1. The van der Waals surface area contributed by atoms with Crippen molar-refractivity contribution in [1.82, 2.24) is 9.97 Å². The van der Waals surface area contributed by atoms with Gasteiger partial charge in [0.1, 0.15) is 5.82 Å². The van der Waals surface area contributed by atoms with E-state index in [0.29, 0.717) is 30.7 Å². The van der Waals surface area contributed by atoms with Gasteiger partial charge < -0.3 is 9.72 Å². The number of H-pyrrole nitrogens is 1. The van der Waals surface area contributed by atoms with Crippen LogP contribution in [0.15, 0.2) is 35.1 Å². The number of aromatic nitrogens is 2. The van der Waals surface area contributed by atoms with Gasteiger partial charge in [0.2, 0.25) is 0 Å². The molecular weight excluding hydrogens is 268 g/mol. The van der Waals surface area contributed by atoms with E-state index in [9.17, 15) is 9.59 Å². The number of aromatic amines is 1. The Morgan fingerprint density at radius 3 is 2.81 bits per heavy atom. The Morgan fingerprint density at radius 1 is 1.33 bits per heavy atom. The number of esters is 1. The lowest BCUT2D eigenvalue weighted by atomic mass is 9.87. The van der Waals surface area contributed by atoms with Gasteiger partial charge in [-0.1, -0.05) is 30.3 Å². The summed E-state index contributed by atoms with van der Waals surface area (Å²) in [7, 11) is 1.37. The van der Waals surface area contributed by atoms with E-state index in [4.69, 9.17) is 4.74 Å². The summed E-state index contributed by atoms with van der Waals surface area (Å²) in [6.07, 6.45) is 1.70. The lowest BCUT2D eigenvalue weighted by molar-refractivity contribution is -0.145. The standard InChI is InChI=1S/C16H16N2O3/c1-21-16(20)11-7-8-13-12(9-11)15(19)18-14(17-13)10-5-3-2-4-6-10/h2-6,11H,7-9H2,1H3,(H,17,18,19)/t11-/m0/s1. The SMILES string of the molecule is COC(=O)[C@H]1CCc2nc(-c3ccccc3)[nH]c(=O)c2C1. The second kappa shape index (κ2) is 5.52. The zero-order chi connectivity index (χ0) is 14.8. The van der Waals surface area contributed by atoms with Crippen molar-refractivity contribution in [2.45, 2.75) is 19.3 Å². The Balaban J connectivity index is 1.98. The third-order valence-electron chi connectivity index (χ3n) is 3.86. The molecule has 1 aromatic heterocycles. The van der Waals surface area contributed by atoms with Gasteiger partial charge in [-0.2, -0.15) is 0 Å². The van der Waals surface area contributed by atoms with Crippen LogP contribution in [-0.4, -0.2) is 23.0 Å². The van der Waals surface area contributed by atoms with Crippen LogP contribution in [0.4, 0.5) is 0 Å². The van der Waals surface area contributed by atoms with Gasteiger partial charge in [0.25, 0.3) is 5.56 Å². The minimum Gasteiger partial charge on any atom is -0.469 e. The average molecular weight is 284 g/mol. The summed E-state index contributed by atoms with van der Waals surface area (Å²) in [4.78, 5) is 31.3. The normalized spacial score (nSPS) is 17.1. The molecule has 1 N–H and O–H groups in total. The first-order chi connectivity index (χ1) is 10.2. The van der Waals surface area contributed by atoms with Crippen LogP contribution in [0.5, 0.6) is 0 Å². The first-order valence-electron chi connectivity index (χ1n) is 6.94. The Morgan fingerprint density at radius 2 is 2.10 bits per heavy atom. The molecular formula is C16H16N2O3. The molecule has 0 unspecified atom stereocenters. The van der Waals surface area contributed by atoms with Gasteiger partial charge in [-0.05, 0) is 19.3 Å². The van der Waals surface area contributed by atoms with E-state index in [0.717, 1.165) is 11.3 Å². The predicted molar refractivity (Wildman–Crippen MR) is 77.8 cm³/mol. The Kier molecular flexibility index (Phi) is 3.56. The highest BCUT2D eigenvalue weighted by atomic mass is 16.5. The molecule has 0 saturated heterocycles.